The minimum Gasteiger partial charge on any atom is -0.375 e. The Morgan fingerprint density at radius 1 is 1.35 bits per heavy atom. The third-order valence-corrected chi connectivity index (χ3v) is 3.86. The zero-order chi connectivity index (χ0) is 14.3. The number of hydrogen-bond acceptors (Lipinski definition) is 5. The van der Waals surface area contributed by atoms with Gasteiger partial charge in [-0.25, -0.2) is 9.97 Å². The number of aromatic nitrogens is 3. The molecule has 0 aliphatic carbocycles. The van der Waals surface area contributed by atoms with Gasteiger partial charge in [-0.15, -0.1) is 0 Å². The number of hydrogen-bond donors (Lipinski definition) is 3. The number of nitrogens with one attached hydrogen (secondary N) is 2. The number of aryl methyl sites for hydroxylation is 2. The van der Waals surface area contributed by atoms with Gasteiger partial charge in [0.1, 0.15) is 10.7 Å². The number of benzene rings is 1. The molecule has 0 radical (unpaired) electrons. The Balaban J connectivity index is 1.88. The lowest BCUT2D eigenvalue weighted by Gasteiger charge is -2.03. The Bertz CT molecular complexity index is 804. The van der Waals surface area contributed by atoms with Crippen LogP contribution in [-0.4, -0.2) is 20.9 Å². The van der Waals surface area contributed by atoms with Gasteiger partial charge in [0, 0.05) is 5.69 Å². The van der Waals surface area contributed by atoms with Crippen molar-refractivity contribution in [3.63, 3.8) is 0 Å². The van der Waals surface area contributed by atoms with Crippen LogP contribution in [0.5, 0.6) is 0 Å². The number of rotatable bonds is 2. The van der Waals surface area contributed by atoms with Gasteiger partial charge in [0.25, 0.3) is 5.91 Å². The molecule has 0 aliphatic heterocycles. The molecule has 0 aliphatic rings. The maximum absolute atomic E-state index is 12.2. The predicted molar refractivity (Wildman–Crippen MR) is 80.0 cm³/mol. The highest BCUT2D eigenvalue weighted by molar-refractivity contribution is 7.17. The van der Waals surface area contributed by atoms with Crippen LogP contribution in [-0.2, 0) is 0 Å². The van der Waals surface area contributed by atoms with E-state index in [2.05, 4.69) is 20.3 Å². The maximum Gasteiger partial charge on any atom is 0.267 e. The van der Waals surface area contributed by atoms with Crippen molar-refractivity contribution in [2.45, 2.75) is 13.8 Å². The molecule has 0 bridgehead atoms. The number of anilines is 2. The molecule has 0 fully saturated rings. The predicted octanol–water partition coefficient (Wildman–Crippen LogP) is 2.47. The van der Waals surface area contributed by atoms with E-state index in [-0.39, 0.29) is 5.91 Å². The summed E-state index contributed by atoms with van der Waals surface area (Å²) in [6.45, 7) is 3.66. The van der Waals surface area contributed by atoms with Crippen molar-refractivity contribution in [2.24, 2.45) is 0 Å². The molecule has 102 valence electrons. The van der Waals surface area contributed by atoms with E-state index in [9.17, 15) is 4.79 Å². The van der Waals surface area contributed by atoms with Gasteiger partial charge in [0.15, 0.2) is 5.13 Å². The van der Waals surface area contributed by atoms with Crippen LogP contribution in [0.3, 0.4) is 0 Å². The minimum atomic E-state index is -0.202. The van der Waals surface area contributed by atoms with Crippen molar-refractivity contribution in [2.75, 3.05) is 11.1 Å². The quantitative estimate of drug-likeness (QED) is 0.674. The van der Waals surface area contributed by atoms with Crippen molar-refractivity contribution in [3.8, 4) is 0 Å². The first-order valence-electron chi connectivity index (χ1n) is 6.03. The smallest absolute Gasteiger partial charge is 0.267 e. The number of nitrogens with two attached hydrogens (primary N) is 1. The average molecular weight is 287 g/mol. The number of aromatic amines is 1. The zero-order valence-electron chi connectivity index (χ0n) is 11.0. The Morgan fingerprint density at radius 3 is 2.85 bits per heavy atom. The molecule has 2 heterocycles. The topological polar surface area (TPSA) is 96.7 Å². The van der Waals surface area contributed by atoms with E-state index in [1.165, 1.54) is 11.3 Å². The lowest BCUT2D eigenvalue weighted by atomic mass is 10.2. The minimum absolute atomic E-state index is 0.202. The molecule has 0 spiro atoms. The van der Waals surface area contributed by atoms with E-state index in [0.717, 1.165) is 16.9 Å². The lowest BCUT2D eigenvalue weighted by molar-refractivity contribution is 0.103. The zero-order valence-corrected chi connectivity index (χ0v) is 11.8. The number of nitrogen functional groups attached to an aromatic ring is 1. The molecular weight excluding hydrogens is 274 g/mol. The Labute approximate surface area is 119 Å². The second-order valence-corrected chi connectivity index (χ2v) is 5.51. The molecular formula is C13H13N5OS. The second-order valence-electron chi connectivity index (χ2n) is 4.47. The van der Waals surface area contributed by atoms with Crippen molar-refractivity contribution < 1.29 is 4.79 Å². The third kappa shape index (κ3) is 2.23. The fourth-order valence-electron chi connectivity index (χ4n) is 2.03. The molecule has 3 rings (SSSR count). The first-order chi connectivity index (χ1) is 9.52. The summed E-state index contributed by atoms with van der Waals surface area (Å²) in [5.41, 5.74) is 8.71. The summed E-state index contributed by atoms with van der Waals surface area (Å²) in [7, 11) is 0. The van der Waals surface area contributed by atoms with Gasteiger partial charge in [-0.1, -0.05) is 11.3 Å². The van der Waals surface area contributed by atoms with Crippen molar-refractivity contribution in [3.05, 3.63) is 34.6 Å². The molecule has 0 atom stereocenters. The summed E-state index contributed by atoms with van der Waals surface area (Å²) in [5, 5.41) is 3.24. The number of thiazole rings is 1. The highest BCUT2D eigenvalue weighted by atomic mass is 32.1. The van der Waals surface area contributed by atoms with Gasteiger partial charge in [-0.2, -0.15) is 0 Å². The molecule has 0 saturated heterocycles. The summed E-state index contributed by atoms with van der Waals surface area (Å²) >= 11 is 1.18. The van der Waals surface area contributed by atoms with E-state index in [1.807, 2.05) is 25.1 Å². The molecule has 0 saturated carbocycles. The van der Waals surface area contributed by atoms with Gasteiger partial charge in [-0.05, 0) is 32.0 Å². The summed E-state index contributed by atoms with van der Waals surface area (Å²) in [6, 6.07) is 5.54. The number of carbonyl (C=O) groups excluding carboxylic acids is 1. The molecule has 20 heavy (non-hydrogen) atoms. The van der Waals surface area contributed by atoms with Gasteiger partial charge in [0.05, 0.1) is 16.7 Å². The SMILES string of the molecule is Cc1nc2ccc(NC(=O)c3sc(N)nc3C)cc2[nH]1. The van der Waals surface area contributed by atoms with Crippen LogP contribution < -0.4 is 11.1 Å². The Kier molecular flexibility index (Phi) is 2.90. The van der Waals surface area contributed by atoms with E-state index >= 15 is 0 Å². The molecule has 4 N–H and O–H groups in total. The van der Waals surface area contributed by atoms with Crippen LogP contribution in [0.25, 0.3) is 11.0 Å². The molecule has 1 amide bonds. The van der Waals surface area contributed by atoms with Gasteiger partial charge < -0.3 is 16.0 Å². The molecule has 3 aromatic rings. The van der Waals surface area contributed by atoms with E-state index in [1.54, 1.807) is 6.92 Å². The number of fused-ring (bicyclic) bond motifs is 1. The third-order valence-electron chi connectivity index (χ3n) is 2.88. The van der Waals surface area contributed by atoms with Gasteiger partial charge >= 0.3 is 0 Å². The summed E-state index contributed by atoms with van der Waals surface area (Å²) in [5.74, 6) is 0.641. The highest BCUT2D eigenvalue weighted by Crippen LogP contribution is 2.22. The fraction of sp³-hybridized carbons (Fsp3) is 0.154. The van der Waals surface area contributed by atoms with E-state index in [4.69, 9.17) is 5.73 Å². The highest BCUT2D eigenvalue weighted by Gasteiger charge is 2.14. The molecule has 2 aromatic heterocycles. The van der Waals surface area contributed by atoms with Crippen molar-refractivity contribution in [1.29, 1.82) is 0 Å². The monoisotopic (exact) mass is 287 g/mol. The largest absolute Gasteiger partial charge is 0.375 e. The second kappa shape index (κ2) is 4.61. The fourth-order valence-corrected chi connectivity index (χ4v) is 2.76. The van der Waals surface area contributed by atoms with Gasteiger partial charge in [0.2, 0.25) is 0 Å². The van der Waals surface area contributed by atoms with Crippen molar-refractivity contribution >= 4 is 39.1 Å². The van der Waals surface area contributed by atoms with Crippen LogP contribution in [0.15, 0.2) is 18.2 Å². The Morgan fingerprint density at radius 2 is 2.15 bits per heavy atom. The number of H-pyrrole nitrogens is 1. The lowest BCUT2D eigenvalue weighted by Crippen LogP contribution is -2.11. The summed E-state index contributed by atoms with van der Waals surface area (Å²) < 4.78 is 0. The molecule has 1 aromatic carbocycles. The number of nitrogens with zero attached hydrogens (tertiary/aromatic N) is 2. The van der Waals surface area contributed by atoms with Crippen LogP contribution in [0, 0.1) is 13.8 Å². The molecule has 7 heteroatoms. The summed E-state index contributed by atoms with van der Waals surface area (Å²) in [6.07, 6.45) is 0. The van der Waals surface area contributed by atoms with Crippen LogP contribution in [0.4, 0.5) is 10.8 Å². The number of amides is 1. The van der Waals surface area contributed by atoms with Crippen LogP contribution in [0.2, 0.25) is 0 Å². The van der Waals surface area contributed by atoms with Crippen LogP contribution in [0.1, 0.15) is 21.2 Å². The average Bonchev–Trinajstić information content (AvgIpc) is 2.90. The standard InChI is InChI=1S/C13H13N5OS/c1-6-11(20-13(14)15-6)12(19)18-8-3-4-9-10(5-8)17-7(2)16-9/h3-5H,1-2H3,(H2,14,15)(H,16,17)(H,18,19). The normalized spacial score (nSPS) is 10.9. The van der Waals surface area contributed by atoms with Crippen molar-refractivity contribution in [1.82, 2.24) is 15.0 Å². The maximum atomic E-state index is 12.2. The first-order valence-corrected chi connectivity index (χ1v) is 6.85. The van der Waals surface area contributed by atoms with E-state index < -0.39 is 0 Å². The molecule has 0 unspecified atom stereocenters. The first kappa shape index (κ1) is 12.6. The van der Waals surface area contributed by atoms with Crippen LogP contribution >= 0.6 is 11.3 Å². The molecule has 6 nitrogen and oxygen atoms in total. The number of imidazole rings is 1. The Hall–Kier alpha value is -2.41. The van der Waals surface area contributed by atoms with E-state index in [0.29, 0.717) is 21.4 Å². The summed E-state index contributed by atoms with van der Waals surface area (Å²) in [4.78, 5) is 24.2. The number of carbonyl (C=O) groups is 1. The van der Waals surface area contributed by atoms with Gasteiger partial charge in [-0.3, -0.25) is 4.79 Å².